The van der Waals surface area contributed by atoms with E-state index in [-0.39, 0.29) is 5.82 Å². The molecule has 6 rings (SSSR count). The van der Waals surface area contributed by atoms with Crippen LogP contribution in [0.15, 0.2) is 85.0 Å². The SMILES string of the molecule is [2H][C@@](Nc1cc(Cl)c2ccc(C#N)c(NCCc3cccnc3)c2c1)(C1=CN(C2CC2)NN1)c1ccc(F)cc1. The highest BCUT2D eigenvalue weighted by Crippen LogP contribution is 2.37. The summed E-state index contributed by atoms with van der Waals surface area (Å²) in [5, 5.41) is 20.6. The van der Waals surface area contributed by atoms with Gasteiger partial charge in [0.2, 0.25) is 0 Å². The van der Waals surface area contributed by atoms with Crippen LogP contribution in [0.5, 0.6) is 0 Å². The molecule has 2 heterocycles. The van der Waals surface area contributed by atoms with Crippen LogP contribution >= 0.6 is 11.6 Å². The Hall–Kier alpha value is -4.32. The van der Waals surface area contributed by atoms with Crippen LogP contribution in [-0.2, 0) is 6.42 Å². The zero-order valence-corrected chi connectivity index (χ0v) is 21.8. The van der Waals surface area contributed by atoms with Gasteiger partial charge in [-0.2, -0.15) is 5.26 Å². The molecule has 1 saturated carbocycles. The highest BCUT2D eigenvalue weighted by Gasteiger charge is 2.32. The molecule has 0 bridgehead atoms. The van der Waals surface area contributed by atoms with Gasteiger partial charge in [0, 0.05) is 47.6 Å². The summed E-state index contributed by atoms with van der Waals surface area (Å²) in [6, 6.07) is 18.2. The predicted molar refractivity (Wildman–Crippen MR) is 152 cm³/mol. The highest BCUT2D eigenvalue weighted by atomic mass is 35.5. The molecule has 3 aromatic carbocycles. The summed E-state index contributed by atoms with van der Waals surface area (Å²) in [5.74, 6) is -0.378. The number of aromatic nitrogens is 1. The minimum absolute atomic E-state index is 0.377. The molecule has 4 aromatic rings. The monoisotopic (exact) mass is 540 g/mol. The van der Waals surface area contributed by atoms with Crippen LogP contribution in [0.4, 0.5) is 15.8 Å². The molecule has 4 N–H and O–H groups in total. The number of halogens is 2. The molecular formula is C30H27ClFN7. The summed E-state index contributed by atoms with van der Waals surface area (Å²) in [6.07, 6.45) is 8.31. The zero-order chi connectivity index (χ0) is 27.7. The van der Waals surface area contributed by atoms with Crippen molar-refractivity contribution in [2.24, 2.45) is 0 Å². The second-order valence-corrected chi connectivity index (χ2v) is 10.0. The maximum Gasteiger partial charge on any atom is 0.123 e. The first-order valence-electron chi connectivity index (χ1n) is 13.3. The molecule has 39 heavy (non-hydrogen) atoms. The summed E-state index contributed by atoms with van der Waals surface area (Å²) < 4.78 is 23.4. The van der Waals surface area contributed by atoms with Crippen molar-refractivity contribution in [2.45, 2.75) is 31.3 Å². The van der Waals surface area contributed by atoms with Crippen molar-refractivity contribution in [3.05, 3.63) is 112 Å². The van der Waals surface area contributed by atoms with E-state index in [4.69, 9.17) is 11.6 Å². The van der Waals surface area contributed by atoms with Crippen LogP contribution in [0.2, 0.25) is 5.02 Å². The Morgan fingerprint density at radius 3 is 2.77 bits per heavy atom. The number of benzene rings is 3. The van der Waals surface area contributed by atoms with Crippen molar-refractivity contribution < 1.29 is 5.76 Å². The largest absolute Gasteiger partial charge is 0.383 e. The van der Waals surface area contributed by atoms with Crippen molar-refractivity contribution in [2.75, 3.05) is 17.2 Å². The Bertz CT molecular complexity index is 1620. The van der Waals surface area contributed by atoms with Gasteiger partial charge in [-0.25, -0.2) is 4.39 Å². The second-order valence-electron chi connectivity index (χ2n) is 9.62. The lowest BCUT2D eigenvalue weighted by Gasteiger charge is -2.22. The molecule has 0 saturated heterocycles. The number of nitrogens with one attached hydrogen (secondary N) is 4. The highest BCUT2D eigenvalue weighted by molar-refractivity contribution is 6.36. The number of pyridine rings is 1. The van der Waals surface area contributed by atoms with Crippen molar-refractivity contribution in [3.63, 3.8) is 0 Å². The van der Waals surface area contributed by atoms with E-state index in [1.807, 2.05) is 41.7 Å². The van der Waals surface area contributed by atoms with Gasteiger partial charge in [0.1, 0.15) is 11.9 Å². The van der Waals surface area contributed by atoms with Crippen molar-refractivity contribution >= 4 is 33.7 Å². The van der Waals surface area contributed by atoms with Crippen molar-refractivity contribution in [1.29, 1.82) is 5.26 Å². The van der Waals surface area contributed by atoms with E-state index < -0.39 is 6.02 Å². The molecule has 0 unspecified atom stereocenters. The van der Waals surface area contributed by atoms with Crippen LogP contribution in [0.1, 0.15) is 36.9 Å². The number of hydrogen-bond acceptors (Lipinski definition) is 7. The zero-order valence-electron chi connectivity index (χ0n) is 22.0. The van der Waals surface area contributed by atoms with Crippen LogP contribution in [0, 0.1) is 17.1 Å². The second kappa shape index (κ2) is 10.8. The third-order valence-corrected chi connectivity index (χ3v) is 7.16. The standard InChI is InChI=1S/C30H27ClFN7/c31-27-15-23(36-30(20-3-6-22(32)7-4-20)28-18-39(38-37-28)24-8-9-24)14-26-25(27)10-5-21(16-33)29(26)35-13-11-19-2-1-12-34-17-19/h1-7,10,12,14-15,17-18,24,30,35-38H,8-9,11,13H2/t30-/m0/s1/i30D. The van der Waals surface area contributed by atoms with Gasteiger partial charge in [-0.3, -0.25) is 9.99 Å². The van der Waals surface area contributed by atoms with E-state index in [0.29, 0.717) is 45.8 Å². The fourth-order valence-electron chi connectivity index (χ4n) is 4.68. The first-order chi connectivity index (χ1) is 19.4. The van der Waals surface area contributed by atoms with Crippen LogP contribution < -0.4 is 21.6 Å². The lowest BCUT2D eigenvalue weighted by Crippen LogP contribution is -2.38. The smallest absolute Gasteiger partial charge is 0.123 e. The Kier molecular flexibility index (Phi) is 6.59. The number of hydrazine groups is 2. The normalized spacial score (nSPS) is 16.6. The topological polar surface area (TPSA) is 88.0 Å². The minimum atomic E-state index is -1.50. The molecule has 1 aromatic heterocycles. The molecule has 7 nitrogen and oxygen atoms in total. The van der Waals surface area contributed by atoms with Gasteiger partial charge in [0.05, 0.1) is 29.4 Å². The number of fused-ring (bicyclic) bond motifs is 1. The molecule has 1 aliphatic carbocycles. The average molecular weight is 541 g/mol. The summed E-state index contributed by atoms with van der Waals surface area (Å²) in [4.78, 5) is 4.17. The lowest BCUT2D eigenvalue weighted by atomic mass is 10.0. The first kappa shape index (κ1) is 23.8. The van der Waals surface area contributed by atoms with E-state index in [1.54, 1.807) is 30.5 Å². The summed E-state index contributed by atoms with van der Waals surface area (Å²) in [6.45, 7) is 0.589. The quantitative estimate of drug-likeness (QED) is 0.206. The molecule has 1 fully saturated rings. The molecular weight excluding hydrogens is 513 g/mol. The van der Waals surface area contributed by atoms with E-state index in [0.717, 1.165) is 35.6 Å². The molecule has 1 aliphatic heterocycles. The molecule has 196 valence electrons. The van der Waals surface area contributed by atoms with Crippen molar-refractivity contribution in [3.8, 4) is 6.07 Å². The minimum Gasteiger partial charge on any atom is -0.383 e. The van der Waals surface area contributed by atoms with Gasteiger partial charge in [-0.15, -0.1) is 5.53 Å². The van der Waals surface area contributed by atoms with Gasteiger partial charge in [0.15, 0.2) is 0 Å². The summed E-state index contributed by atoms with van der Waals surface area (Å²) in [5.41, 5.74) is 10.2. The lowest BCUT2D eigenvalue weighted by molar-refractivity contribution is 0.260. The molecule has 1 atom stereocenters. The van der Waals surface area contributed by atoms with Crippen LogP contribution in [0.3, 0.4) is 0 Å². The van der Waals surface area contributed by atoms with Crippen LogP contribution in [-0.4, -0.2) is 22.6 Å². The maximum absolute atomic E-state index is 13.8. The number of anilines is 2. The van der Waals surface area contributed by atoms with E-state index in [1.165, 1.54) is 12.1 Å². The molecule has 0 spiro atoms. The molecule has 9 heteroatoms. The number of nitrogens with zero attached hydrogens (tertiary/aromatic N) is 3. The molecule has 0 amide bonds. The Labute approximate surface area is 232 Å². The third-order valence-electron chi connectivity index (χ3n) is 6.84. The van der Waals surface area contributed by atoms with Gasteiger partial charge < -0.3 is 16.1 Å². The summed E-state index contributed by atoms with van der Waals surface area (Å²) in [7, 11) is 0. The molecule has 0 radical (unpaired) electrons. The predicted octanol–water partition coefficient (Wildman–Crippen LogP) is 6.04. The van der Waals surface area contributed by atoms with E-state index >= 15 is 0 Å². The van der Waals surface area contributed by atoms with E-state index in [2.05, 4.69) is 32.6 Å². The summed E-state index contributed by atoms with van der Waals surface area (Å²) >= 11 is 6.77. The number of hydrogen-bond donors (Lipinski definition) is 4. The number of nitriles is 1. The number of rotatable bonds is 9. The third kappa shape index (κ3) is 5.46. The van der Waals surface area contributed by atoms with Gasteiger partial charge in [-0.05, 0) is 66.8 Å². The molecule has 2 aliphatic rings. The van der Waals surface area contributed by atoms with Crippen molar-refractivity contribution in [1.82, 2.24) is 21.0 Å². The first-order valence-corrected chi connectivity index (χ1v) is 13.2. The Morgan fingerprint density at radius 2 is 2.03 bits per heavy atom. The van der Waals surface area contributed by atoms with Crippen LogP contribution in [0.25, 0.3) is 10.8 Å². The average Bonchev–Trinajstić information content (AvgIpc) is 3.69. The van der Waals surface area contributed by atoms with E-state index in [9.17, 15) is 11.0 Å². The fraction of sp³-hybridized carbons (Fsp3) is 0.200. The van der Waals surface area contributed by atoms with Gasteiger partial charge in [-0.1, -0.05) is 35.9 Å². The van der Waals surface area contributed by atoms with Gasteiger partial charge >= 0.3 is 0 Å². The van der Waals surface area contributed by atoms with Gasteiger partial charge in [0.25, 0.3) is 0 Å². The Balaban J connectivity index is 1.38. The maximum atomic E-state index is 13.8. The fourth-order valence-corrected chi connectivity index (χ4v) is 4.97. The Morgan fingerprint density at radius 1 is 1.18 bits per heavy atom.